The summed E-state index contributed by atoms with van der Waals surface area (Å²) in [6.07, 6.45) is 7.47. The number of rotatable bonds is 4. The SMILES string of the molecule is CCC(/C=C/CN)=C\C(C)C. The molecule has 0 saturated heterocycles. The van der Waals surface area contributed by atoms with E-state index < -0.39 is 0 Å². The molecule has 0 bridgehead atoms. The minimum Gasteiger partial charge on any atom is -0.327 e. The summed E-state index contributed by atoms with van der Waals surface area (Å²) >= 11 is 0. The van der Waals surface area contributed by atoms with Crippen molar-refractivity contribution in [2.45, 2.75) is 27.2 Å². The first-order valence-corrected chi connectivity index (χ1v) is 4.28. The second-order valence-electron chi connectivity index (χ2n) is 2.98. The number of hydrogen-bond acceptors (Lipinski definition) is 1. The van der Waals surface area contributed by atoms with Gasteiger partial charge in [-0.15, -0.1) is 0 Å². The topological polar surface area (TPSA) is 26.0 Å². The largest absolute Gasteiger partial charge is 0.327 e. The lowest BCUT2D eigenvalue weighted by molar-refractivity contribution is 0.818. The third-order valence-electron chi connectivity index (χ3n) is 1.42. The summed E-state index contributed by atoms with van der Waals surface area (Å²) < 4.78 is 0. The summed E-state index contributed by atoms with van der Waals surface area (Å²) in [6.45, 7) is 7.17. The van der Waals surface area contributed by atoms with E-state index in [1.165, 1.54) is 5.57 Å². The molecule has 1 nitrogen and oxygen atoms in total. The highest BCUT2D eigenvalue weighted by Crippen LogP contribution is 2.07. The first-order chi connectivity index (χ1) is 5.20. The van der Waals surface area contributed by atoms with Gasteiger partial charge in [-0.05, 0) is 12.3 Å². The molecule has 0 aromatic carbocycles. The van der Waals surface area contributed by atoms with Gasteiger partial charge in [0, 0.05) is 6.54 Å². The molecule has 0 fully saturated rings. The third-order valence-corrected chi connectivity index (χ3v) is 1.42. The molecule has 2 N–H and O–H groups in total. The molecule has 0 amide bonds. The van der Waals surface area contributed by atoms with Crippen molar-refractivity contribution in [1.29, 1.82) is 0 Å². The molecule has 0 aromatic rings. The number of nitrogens with two attached hydrogens (primary N) is 1. The lowest BCUT2D eigenvalue weighted by Gasteiger charge is -1.99. The molecular weight excluding hydrogens is 134 g/mol. The second-order valence-corrected chi connectivity index (χ2v) is 2.98. The highest BCUT2D eigenvalue weighted by atomic mass is 14.5. The normalized spacial score (nSPS) is 13.4. The summed E-state index contributed by atoms with van der Waals surface area (Å²) in [4.78, 5) is 0. The Balaban J connectivity index is 4.04. The van der Waals surface area contributed by atoms with Gasteiger partial charge in [0.2, 0.25) is 0 Å². The average Bonchev–Trinajstić information content (AvgIpc) is 1.97. The highest BCUT2D eigenvalue weighted by molar-refractivity contribution is 5.18. The van der Waals surface area contributed by atoms with Crippen molar-refractivity contribution in [1.82, 2.24) is 0 Å². The van der Waals surface area contributed by atoms with Crippen molar-refractivity contribution in [3.8, 4) is 0 Å². The lowest BCUT2D eigenvalue weighted by atomic mass is 10.1. The van der Waals surface area contributed by atoms with Gasteiger partial charge in [0.1, 0.15) is 0 Å². The Morgan fingerprint density at radius 3 is 2.45 bits per heavy atom. The van der Waals surface area contributed by atoms with E-state index in [-0.39, 0.29) is 0 Å². The Morgan fingerprint density at radius 1 is 1.45 bits per heavy atom. The van der Waals surface area contributed by atoms with Crippen LogP contribution in [0.2, 0.25) is 0 Å². The lowest BCUT2D eigenvalue weighted by Crippen LogP contribution is -1.93. The van der Waals surface area contributed by atoms with Crippen LogP contribution >= 0.6 is 0 Å². The molecule has 0 aromatic heterocycles. The van der Waals surface area contributed by atoms with E-state index in [4.69, 9.17) is 5.73 Å². The first-order valence-electron chi connectivity index (χ1n) is 4.28. The molecule has 0 aliphatic carbocycles. The van der Waals surface area contributed by atoms with E-state index in [2.05, 4.69) is 32.9 Å². The number of allylic oxidation sites excluding steroid dienone is 3. The zero-order valence-corrected chi connectivity index (χ0v) is 7.80. The predicted octanol–water partition coefficient (Wildman–Crippen LogP) is 2.49. The Kier molecular flexibility index (Phi) is 5.86. The maximum atomic E-state index is 5.35. The molecule has 0 heterocycles. The summed E-state index contributed by atoms with van der Waals surface area (Å²) in [5.74, 6) is 0.632. The summed E-state index contributed by atoms with van der Waals surface area (Å²) in [5, 5.41) is 0. The summed E-state index contributed by atoms with van der Waals surface area (Å²) in [7, 11) is 0. The molecule has 0 atom stereocenters. The molecule has 0 aliphatic heterocycles. The van der Waals surface area contributed by atoms with Crippen LogP contribution in [0.1, 0.15) is 27.2 Å². The van der Waals surface area contributed by atoms with E-state index in [9.17, 15) is 0 Å². The minimum absolute atomic E-state index is 0.632. The van der Waals surface area contributed by atoms with Crippen molar-refractivity contribution in [2.75, 3.05) is 6.54 Å². The maximum Gasteiger partial charge on any atom is 0.0110 e. The monoisotopic (exact) mass is 153 g/mol. The second kappa shape index (κ2) is 6.17. The van der Waals surface area contributed by atoms with Crippen LogP contribution in [0.15, 0.2) is 23.8 Å². The van der Waals surface area contributed by atoms with E-state index in [1.807, 2.05) is 6.08 Å². The Bertz CT molecular complexity index is 143. The van der Waals surface area contributed by atoms with Crippen LogP contribution in [0.4, 0.5) is 0 Å². The molecule has 0 radical (unpaired) electrons. The summed E-state index contributed by atoms with van der Waals surface area (Å²) in [5.41, 5.74) is 6.73. The van der Waals surface area contributed by atoms with Crippen molar-refractivity contribution >= 4 is 0 Å². The van der Waals surface area contributed by atoms with Gasteiger partial charge in [0.15, 0.2) is 0 Å². The van der Waals surface area contributed by atoms with Gasteiger partial charge in [-0.3, -0.25) is 0 Å². The summed E-state index contributed by atoms with van der Waals surface area (Å²) in [6, 6.07) is 0. The molecule has 0 spiro atoms. The van der Waals surface area contributed by atoms with E-state index in [0.29, 0.717) is 12.5 Å². The van der Waals surface area contributed by atoms with Crippen LogP contribution in [0.3, 0.4) is 0 Å². The molecule has 0 unspecified atom stereocenters. The van der Waals surface area contributed by atoms with Gasteiger partial charge in [0.25, 0.3) is 0 Å². The standard InChI is InChI=1S/C10H19N/c1-4-10(6-5-7-11)8-9(2)3/h5-6,8-9H,4,7,11H2,1-3H3/b6-5+,10-8+. The first kappa shape index (κ1) is 10.4. The van der Waals surface area contributed by atoms with Crippen LogP contribution in [0.25, 0.3) is 0 Å². The zero-order valence-electron chi connectivity index (χ0n) is 7.80. The van der Waals surface area contributed by atoms with Crippen molar-refractivity contribution in [3.05, 3.63) is 23.8 Å². The van der Waals surface area contributed by atoms with Crippen molar-refractivity contribution in [3.63, 3.8) is 0 Å². The van der Waals surface area contributed by atoms with Crippen LogP contribution in [-0.2, 0) is 0 Å². The van der Waals surface area contributed by atoms with Crippen molar-refractivity contribution < 1.29 is 0 Å². The molecular formula is C10H19N. The maximum absolute atomic E-state index is 5.35. The molecule has 0 saturated carbocycles. The van der Waals surface area contributed by atoms with Gasteiger partial charge >= 0.3 is 0 Å². The number of hydrogen-bond donors (Lipinski definition) is 1. The van der Waals surface area contributed by atoms with Crippen molar-refractivity contribution in [2.24, 2.45) is 11.7 Å². The Hall–Kier alpha value is -0.560. The fourth-order valence-corrected chi connectivity index (χ4v) is 0.939. The smallest absolute Gasteiger partial charge is 0.0110 e. The third kappa shape index (κ3) is 5.86. The van der Waals surface area contributed by atoms with Crippen LogP contribution in [0, 0.1) is 5.92 Å². The Labute approximate surface area is 70.0 Å². The molecule has 0 aliphatic rings. The van der Waals surface area contributed by atoms with E-state index in [1.54, 1.807) is 0 Å². The zero-order chi connectivity index (χ0) is 8.69. The molecule has 0 rings (SSSR count). The van der Waals surface area contributed by atoms with Gasteiger partial charge < -0.3 is 5.73 Å². The van der Waals surface area contributed by atoms with E-state index >= 15 is 0 Å². The van der Waals surface area contributed by atoms with Crippen LogP contribution in [-0.4, -0.2) is 6.54 Å². The average molecular weight is 153 g/mol. The highest BCUT2D eigenvalue weighted by Gasteiger charge is 1.90. The van der Waals surface area contributed by atoms with Gasteiger partial charge in [-0.2, -0.15) is 0 Å². The van der Waals surface area contributed by atoms with E-state index in [0.717, 1.165) is 6.42 Å². The van der Waals surface area contributed by atoms with Crippen LogP contribution < -0.4 is 5.73 Å². The molecule has 11 heavy (non-hydrogen) atoms. The fraction of sp³-hybridized carbons (Fsp3) is 0.600. The minimum atomic E-state index is 0.632. The quantitative estimate of drug-likeness (QED) is 0.617. The van der Waals surface area contributed by atoms with Crippen LogP contribution in [0.5, 0.6) is 0 Å². The fourth-order valence-electron chi connectivity index (χ4n) is 0.939. The molecule has 64 valence electrons. The van der Waals surface area contributed by atoms with Gasteiger partial charge in [-0.1, -0.05) is 44.6 Å². The van der Waals surface area contributed by atoms with Gasteiger partial charge in [0.05, 0.1) is 0 Å². The molecule has 1 heteroatoms. The Morgan fingerprint density at radius 2 is 2.09 bits per heavy atom. The predicted molar refractivity (Wildman–Crippen MR) is 51.4 cm³/mol. The van der Waals surface area contributed by atoms with Gasteiger partial charge in [-0.25, -0.2) is 0 Å².